The number of alkyl halides is 3. The van der Waals surface area contributed by atoms with E-state index in [2.05, 4.69) is 20.9 Å². The van der Waals surface area contributed by atoms with Crippen LogP contribution in [0.15, 0.2) is 6.07 Å². The largest absolute Gasteiger partial charge is 0.280 e. The van der Waals surface area contributed by atoms with E-state index in [1.165, 1.54) is 0 Å². The minimum atomic E-state index is -2.73. The molecular weight excluding hydrogens is 362 g/mol. The van der Waals surface area contributed by atoms with Crippen molar-refractivity contribution in [1.82, 2.24) is 4.98 Å². The van der Waals surface area contributed by atoms with E-state index >= 15 is 0 Å². The molecule has 1 aromatic heterocycles. The van der Waals surface area contributed by atoms with E-state index in [-0.39, 0.29) is 9.03 Å². The van der Waals surface area contributed by atoms with E-state index < -0.39 is 17.9 Å². The average molecular weight is 366 g/mol. The highest BCUT2D eigenvalue weighted by Gasteiger charge is 2.15. The van der Waals surface area contributed by atoms with E-state index in [9.17, 15) is 13.2 Å². The van der Waals surface area contributed by atoms with Crippen LogP contribution in [0.5, 0.6) is 0 Å². The molecule has 0 aliphatic heterocycles. The lowest BCUT2D eigenvalue weighted by molar-refractivity contribution is 0.145. The second-order valence-corrected chi connectivity index (χ2v) is 3.82. The van der Waals surface area contributed by atoms with Gasteiger partial charge in [0.25, 0.3) is 6.43 Å². The molecule has 1 heterocycles. The fraction of sp³-hybridized carbons (Fsp3) is 0.286. The zero-order chi connectivity index (χ0) is 10.0. The van der Waals surface area contributed by atoms with E-state index in [1.807, 2.05) is 0 Å². The van der Waals surface area contributed by atoms with Gasteiger partial charge in [-0.1, -0.05) is 15.9 Å². The molecule has 0 aliphatic rings. The Labute approximate surface area is 95.0 Å². The van der Waals surface area contributed by atoms with Gasteiger partial charge in [0.15, 0.2) is 0 Å². The molecule has 1 rings (SSSR count). The van der Waals surface area contributed by atoms with Gasteiger partial charge in [-0.05, 0) is 22.6 Å². The number of hydrogen-bond acceptors (Lipinski definition) is 1. The van der Waals surface area contributed by atoms with Crippen LogP contribution < -0.4 is 0 Å². The Hall–Kier alpha value is 0.150. The van der Waals surface area contributed by atoms with Crippen LogP contribution in [0.25, 0.3) is 0 Å². The molecule has 0 aliphatic carbocycles. The quantitative estimate of drug-likeness (QED) is 0.443. The summed E-state index contributed by atoms with van der Waals surface area (Å²) < 4.78 is 37.6. The molecule has 0 amide bonds. The summed E-state index contributed by atoms with van der Waals surface area (Å²) in [5.41, 5.74) is -0.211. The van der Waals surface area contributed by atoms with Crippen LogP contribution >= 0.6 is 38.5 Å². The van der Waals surface area contributed by atoms with Crippen LogP contribution in [0.3, 0.4) is 0 Å². The number of halogens is 5. The first kappa shape index (κ1) is 11.2. The monoisotopic (exact) mass is 365 g/mol. The predicted molar refractivity (Wildman–Crippen MR) is 54.5 cm³/mol. The van der Waals surface area contributed by atoms with Gasteiger partial charge >= 0.3 is 0 Å². The lowest BCUT2D eigenvalue weighted by atomic mass is 10.2. The van der Waals surface area contributed by atoms with Gasteiger partial charge in [0.1, 0.15) is 15.2 Å². The SMILES string of the molecule is Fc1cc(C(F)F)nc(I)c1CBr. The Morgan fingerprint density at radius 1 is 1.54 bits per heavy atom. The third-order valence-corrected chi connectivity index (χ3v) is 2.85. The Balaban J connectivity index is 3.20. The molecule has 1 aromatic rings. The average Bonchev–Trinajstić information content (AvgIpc) is 2.03. The number of hydrogen-bond donors (Lipinski definition) is 0. The molecule has 0 unspecified atom stereocenters. The molecule has 72 valence electrons. The Bertz CT molecular complexity index is 296. The third-order valence-electron chi connectivity index (χ3n) is 1.40. The minimum absolute atomic E-state index is 0.268. The van der Waals surface area contributed by atoms with Crippen LogP contribution in [-0.2, 0) is 5.33 Å². The molecule has 13 heavy (non-hydrogen) atoms. The highest BCUT2D eigenvalue weighted by Crippen LogP contribution is 2.23. The van der Waals surface area contributed by atoms with Gasteiger partial charge in [-0.15, -0.1) is 0 Å². The summed E-state index contributed by atoms with van der Waals surface area (Å²) in [7, 11) is 0. The summed E-state index contributed by atoms with van der Waals surface area (Å²) >= 11 is 4.78. The maximum atomic E-state index is 13.1. The molecule has 1 nitrogen and oxygen atoms in total. The van der Waals surface area contributed by atoms with Crippen molar-refractivity contribution in [1.29, 1.82) is 0 Å². The van der Waals surface area contributed by atoms with Crippen molar-refractivity contribution in [3.8, 4) is 0 Å². The number of rotatable bonds is 2. The highest BCUT2D eigenvalue weighted by atomic mass is 127. The van der Waals surface area contributed by atoms with Gasteiger partial charge in [-0.2, -0.15) is 0 Å². The van der Waals surface area contributed by atoms with Crippen molar-refractivity contribution in [3.63, 3.8) is 0 Å². The number of nitrogens with zero attached hydrogens (tertiary/aromatic N) is 1. The summed E-state index contributed by atoms with van der Waals surface area (Å²) in [6.45, 7) is 0. The molecule has 0 atom stereocenters. The fourth-order valence-corrected chi connectivity index (χ4v) is 2.54. The zero-order valence-corrected chi connectivity index (χ0v) is 9.94. The topological polar surface area (TPSA) is 12.9 Å². The predicted octanol–water partition coefficient (Wildman–Crippen LogP) is 3.66. The van der Waals surface area contributed by atoms with Gasteiger partial charge in [-0.25, -0.2) is 18.2 Å². The smallest absolute Gasteiger partial charge is 0.240 e. The molecule has 6 heteroatoms. The lowest BCUT2D eigenvalue weighted by Crippen LogP contribution is -2.00. The zero-order valence-electron chi connectivity index (χ0n) is 6.20. The summed E-state index contributed by atoms with van der Waals surface area (Å²) in [6.07, 6.45) is -2.73. The van der Waals surface area contributed by atoms with Crippen molar-refractivity contribution >= 4 is 38.5 Å². The normalized spacial score (nSPS) is 10.9. The van der Waals surface area contributed by atoms with Crippen LogP contribution in [-0.4, -0.2) is 4.98 Å². The van der Waals surface area contributed by atoms with Gasteiger partial charge in [-0.3, -0.25) is 0 Å². The van der Waals surface area contributed by atoms with Gasteiger partial charge in [0.05, 0.1) is 0 Å². The second-order valence-electron chi connectivity index (χ2n) is 2.23. The minimum Gasteiger partial charge on any atom is -0.240 e. The standard InChI is InChI=1S/C7H4BrF3IN/c8-2-3-4(9)1-5(6(10)11)13-7(3)12/h1,6H,2H2. The van der Waals surface area contributed by atoms with Gasteiger partial charge in [0, 0.05) is 17.0 Å². The van der Waals surface area contributed by atoms with Gasteiger partial charge in [0.2, 0.25) is 0 Å². The summed E-state index contributed by atoms with van der Waals surface area (Å²) in [5.74, 6) is -0.647. The molecule has 0 aromatic carbocycles. The lowest BCUT2D eigenvalue weighted by Gasteiger charge is -2.04. The molecule has 0 fully saturated rings. The van der Waals surface area contributed by atoms with Crippen molar-refractivity contribution in [2.24, 2.45) is 0 Å². The van der Waals surface area contributed by atoms with Gasteiger partial charge < -0.3 is 0 Å². The molecular formula is C7H4BrF3IN. The van der Waals surface area contributed by atoms with Crippen LogP contribution in [0.1, 0.15) is 17.7 Å². The molecule has 0 bridgehead atoms. The van der Waals surface area contributed by atoms with E-state index in [0.717, 1.165) is 6.07 Å². The van der Waals surface area contributed by atoms with Crippen molar-refractivity contribution in [3.05, 3.63) is 26.8 Å². The first-order valence-electron chi connectivity index (χ1n) is 3.25. The summed E-state index contributed by atoms with van der Waals surface area (Å²) in [4.78, 5) is 3.57. The van der Waals surface area contributed by atoms with E-state index in [1.54, 1.807) is 22.6 Å². The van der Waals surface area contributed by atoms with Crippen molar-refractivity contribution < 1.29 is 13.2 Å². The summed E-state index contributed by atoms with van der Waals surface area (Å²) in [5, 5.41) is 0.271. The molecule has 0 radical (unpaired) electrons. The Kier molecular flexibility index (Phi) is 3.96. The molecule has 0 saturated carbocycles. The number of aromatic nitrogens is 1. The van der Waals surface area contributed by atoms with E-state index in [0.29, 0.717) is 5.56 Å². The Morgan fingerprint density at radius 2 is 2.15 bits per heavy atom. The highest BCUT2D eigenvalue weighted by molar-refractivity contribution is 14.1. The summed E-state index contributed by atoms with van der Waals surface area (Å²) in [6, 6.07) is 0.767. The van der Waals surface area contributed by atoms with Crippen molar-refractivity contribution in [2.75, 3.05) is 0 Å². The van der Waals surface area contributed by atoms with Crippen molar-refractivity contribution in [2.45, 2.75) is 11.8 Å². The molecule has 0 spiro atoms. The first-order chi connectivity index (χ1) is 6.06. The van der Waals surface area contributed by atoms with Crippen LogP contribution in [0.4, 0.5) is 13.2 Å². The molecule has 0 N–H and O–H groups in total. The molecule has 0 saturated heterocycles. The first-order valence-corrected chi connectivity index (χ1v) is 5.45. The van der Waals surface area contributed by atoms with E-state index in [4.69, 9.17) is 0 Å². The fourth-order valence-electron chi connectivity index (χ4n) is 0.759. The maximum absolute atomic E-state index is 13.1. The second kappa shape index (κ2) is 4.59. The third kappa shape index (κ3) is 2.55. The Morgan fingerprint density at radius 3 is 2.54 bits per heavy atom. The van der Waals surface area contributed by atoms with Crippen LogP contribution in [0.2, 0.25) is 0 Å². The number of pyridine rings is 1. The maximum Gasteiger partial charge on any atom is 0.280 e. The van der Waals surface area contributed by atoms with Crippen LogP contribution in [0, 0.1) is 9.52 Å².